The molecule has 1 aliphatic heterocycles. The van der Waals surface area contributed by atoms with Gasteiger partial charge in [-0.15, -0.1) is 11.8 Å². The Morgan fingerprint density at radius 2 is 1.78 bits per heavy atom. The minimum atomic E-state index is -1.01. The van der Waals surface area contributed by atoms with Crippen LogP contribution >= 0.6 is 23.4 Å². The maximum absolute atomic E-state index is 14.0. The number of fused-ring (bicyclic) bond motifs is 1. The van der Waals surface area contributed by atoms with E-state index in [1.807, 2.05) is 67.7 Å². The van der Waals surface area contributed by atoms with Crippen molar-refractivity contribution in [3.63, 3.8) is 0 Å². The first-order valence-electron chi connectivity index (χ1n) is 11.7. The smallest absolute Gasteiger partial charge is 0.303 e. The van der Waals surface area contributed by atoms with E-state index >= 15 is 0 Å². The van der Waals surface area contributed by atoms with Crippen LogP contribution in [0.5, 0.6) is 5.75 Å². The quantitative estimate of drug-likeness (QED) is 0.358. The third kappa shape index (κ3) is 6.03. The van der Waals surface area contributed by atoms with Crippen molar-refractivity contribution in [2.24, 2.45) is 0 Å². The highest BCUT2D eigenvalue weighted by Crippen LogP contribution is 2.49. The average molecular weight is 525 g/mol. The monoisotopic (exact) mass is 524 g/mol. The van der Waals surface area contributed by atoms with Crippen LogP contribution in [0.25, 0.3) is 0 Å². The van der Waals surface area contributed by atoms with E-state index in [0.717, 1.165) is 22.7 Å². The van der Waals surface area contributed by atoms with Gasteiger partial charge in [-0.05, 0) is 42.4 Å². The Bertz CT molecular complexity index is 1210. The lowest BCUT2D eigenvalue weighted by atomic mass is 10.1. The molecule has 0 N–H and O–H groups in total. The van der Waals surface area contributed by atoms with Crippen LogP contribution in [0.4, 0.5) is 5.69 Å². The number of benzene rings is 3. The van der Waals surface area contributed by atoms with E-state index < -0.39 is 17.3 Å². The number of hydrogen-bond donors (Lipinski definition) is 0. The number of halogens is 1. The maximum Gasteiger partial charge on any atom is 0.303 e. The van der Waals surface area contributed by atoms with Gasteiger partial charge in [0, 0.05) is 26.6 Å². The molecule has 0 radical (unpaired) electrons. The molecule has 0 unspecified atom stereocenters. The number of likely N-dealkylation sites (N-methyl/N-ethyl adjacent to an activating group) is 1. The van der Waals surface area contributed by atoms with Gasteiger partial charge in [0.1, 0.15) is 5.75 Å². The number of carbonyl (C=O) groups is 2. The highest BCUT2D eigenvalue weighted by molar-refractivity contribution is 8.00. The lowest BCUT2D eigenvalue weighted by Crippen LogP contribution is -2.45. The van der Waals surface area contributed by atoms with E-state index in [2.05, 4.69) is 17.0 Å². The SMILES string of the molecule is COc1ccc([C@@H]2Sc3c(Cl)cccc3N(CCN(C)Cc3ccccc3)C(=O)[C@@H]2OC(C)=O)cc1. The van der Waals surface area contributed by atoms with Crippen LogP contribution in [0.15, 0.2) is 77.7 Å². The number of rotatable bonds is 8. The molecule has 2 atom stereocenters. The third-order valence-corrected chi connectivity index (χ3v) is 7.87. The zero-order chi connectivity index (χ0) is 25.7. The van der Waals surface area contributed by atoms with E-state index in [1.54, 1.807) is 12.0 Å². The van der Waals surface area contributed by atoms with Crippen LogP contribution in [-0.4, -0.2) is 50.1 Å². The molecule has 3 aromatic carbocycles. The summed E-state index contributed by atoms with van der Waals surface area (Å²) in [5, 5.41) is 0.0768. The molecule has 1 aliphatic rings. The molecule has 0 bridgehead atoms. The summed E-state index contributed by atoms with van der Waals surface area (Å²) in [5.74, 6) is -0.0763. The number of nitrogens with zero attached hydrogens (tertiary/aromatic N) is 2. The fourth-order valence-corrected chi connectivity index (χ4v) is 5.85. The summed E-state index contributed by atoms with van der Waals surface area (Å²) >= 11 is 8.09. The Labute approximate surface area is 221 Å². The molecule has 0 spiro atoms. The molecule has 188 valence electrons. The summed E-state index contributed by atoms with van der Waals surface area (Å²) in [6, 6.07) is 23.2. The number of carbonyl (C=O) groups excluding carboxylic acids is 2. The average Bonchev–Trinajstić information content (AvgIpc) is 2.98. The van der Waals surface area contributed by atoms with E-state index in [1.165, 1.54) is 24.2 Å². The summed E-state index contributed by atoms with van der Waals surface area (Å²) in [6.07, 6.45) is -1.01. The third-order valence-electron chi connectivity index (χ3n) is 6.00. The summed E-state index contributed by atoms with van der Waals surface area (Å²) < 4.78 is 11.0. The number of amides is 1. The number of hydrogen-bond acceptors (Lipinski definition) is 6. The fraction of sp³-hybridized carbons (Fsp3) is 0.286. The van der Waals surface area contributed by atoms with Crippen LogP contribution < -0.4 is 9.64 Å². The Morgan fingerprint density at radius 3 is 2.44 bits per heavy atom. The van der Waals surface area contributed by atoms with Crippen LogP contribution in [-0.2, 0) is 20.9 Å². The molecular formula is C28H29ClN2O4S. The van der Waals surface area contributed by atoms with Gasteiger partial charge in [-0.3, -0.25) is 9.59 Å². The van der Waals surface area contributed by atoms with Gasteiger partial charge >= 0.3 is 5.97 Å². The lowest BCUT2D eigenvalue weighted by molar-refractivity contribution is -0.152. The van der Waals surface area contributed by atoms with Gasteiger partial charge < -0.3 is 19.3 Å². The number of esters is 1. The van der Waals surface area contributed by atoms with Gasteiger partial charge in [0.05, 0.1) is 28.0 Å². The van der Waals surface area contributed by atoms with Crippen molar-refractivity contribution in [3.05, 3.63) is 88.9 Å². The van der Waals surface area contributed by atoms with Crippen molar-refractivity contribution in [2.45, 2.75) is 29.7 Å². The second-order valence-corrected chi connectivity index (χ2v) is 10.2. The summed E-state index contributed by atoms with van der Waals surface area (Å²) in [6.45, 7) is 3.12. The van der Waals surface area contributed by atoms with Gasteiger partial charge in [0.2, 0.25) is 0 Å². The van der Waals surface area contributed by atoms with Crippen molar-refractivity contribution in [1.29, 1.82) is 0 Å². The van der Waals surface area contributed by atoms with Crippen LogP contribution in [0.3, 0.4) is 0 Å². The molecule has 0 fully saturated rings. The molecule has 3 aromatic rings. The van der Waals surface area contributed by atoms with Crippen molar-refractivity contribution in [1.82, 2.24) is 4.90 Å². The normalized spacial score (nSPS) is 17.5. The molecule has 4 rings (SSSR count). The Hall–Kier alpha value is -3.00. The standard InChI is InChI=1S/C28H29ClN2O4S/c1-19(32)35-25-26(21-12-14-22(34-3)15-13-21)36-27-23(29)10-7-11-24(27)31(28(25)33)17-16-30(2)18-20-8-5-4-6-9-20/h4-15,25-26H,16-18H2,1-3H3/t25-,26+/m1/s1. The van der Waals surface area contributed by atoms with Crippen molar-refractivity contribution < 1.29 is 19.1 Å². The molecule has 0 aromatic heterocycles. The Morgan fingerprint density at radius 1 is 1.06 bits per heavy atom. The molecule has 1 heterocycles. The highest BCUT2D eigenvalue weighted by atomic mass is 35.5. The minimum Gasteiger partial charge on any atom is -0.497 e. The second kappa shape index (κ2) is 11.8. The van der Waals surface area contributed by atoms with Crippen molar-refractivity contribution in [2.75, 3.05) is 32.1 Å². The first-order chi connectivity index (χ1) is 17.4. The topological polar surface area (TPSA) is 59.1 Å². The summed E-state index contributed by atoms with van der Waals surface area (Å²) in [7, 11) is 3.62. The molecule has 0 saturated heterocycles. The van der Waals surface area contributed by atoms with Gasteiger partial charge in [0.15, 0.2) is 6.10 Å². The first-order valence-corrected chi connectivity index (χ1v) is 12.9. The van der Waals surface area contributed by atoms with Gasteiger partial charge in [-0.25, -0.2) is 0 Å². The van der Waals surface area contributed by atoms with E-state index in [9.17, 15) is 9.59 Å². The molecule has 1 amide bonds. The van der Waals surface area contributed by atoms with Gasteiger partial charge in [0.25, 0.3) is 5.91 Å². The van der Waals surface area contributed by atoms with Gasteiger partial charge in [-0.1, -0.05) is 60.1 Å². The number of ether oxygens (including phenoxy) is 2. The second-order valence-electron chi connectivity index (χ2n) is 8.64. The lowest BCUT2D eigenvalue weighted by Gasteiger charge is -2.29. The zero-order valence-electron chi connectivity index (χ0n) is 20.5. The molecule has 0 aliphatic carbocycles. The minimum absolute atomic E-state index is 0.271. The first kappa shape index (κ1) is 26.1. The molecule has 36 heavy (non-hydrogen) atoms. The van der Waals surface area contributed by atoms with Crippen LogP contribution in [0, 0.1) is 0 Å². The maximum atomic E-state index is 14.0. The van der Waals surface area contributed by atoms with E-state index in [0.29, 0.717) is 23.9 Å². The summed E-state index contributed by atoms with van der Waals surface area (Å²) in [5.41, 5.74) is 2.76. The number of thioether (sulfide) groups is 1. The number of anilines is 1. The largest absolute Gasteiger partial charge is 0.497 e. The zero-order valence-corrected chi connectivity index (χ0v) is 22.1. The Balaban J connectivity index is 1.67. The summed E-state index contributed by atoms with van der Waals surface area (Å²) in [4.78, 5) is 30.7. The van der Waals surface area contributed by atoms with Crippen LogP contribution in [0.2, 0.25) is 5.02 Å². The van der Waals surface area contributed by atoms with Gasteiger partial charge in [-0.2, -0.15) is 0 Å². The van der Waals surface area contributed by atoms with Crippen LogP contribution in [0.1, 0.15) is 23.3 Å². The molecule has 6 nitrogen and oxygen atoms in total. The van der Waals surface area contributed by atoms with Crippen molar-refractivity contribution >= 4 is 40.9 Å². The molecular weight excluding hydrogens is 496 g/mol. The van der Waals surface area contributed by atoms with E-state index in [4.69, 9.17) is 21.1 Å². The fourth-order valence-electron chi connectivity index (χ4n) is 4.22. The molecule has 8 heteroatoms. The molecule has 0 saturated carbocycles. The number of methoxy groups -OCH3 is 1. The predicted octanol–water partition coefficient (Wildman–Crippen LogP) is 5.59. The Kier molecular flexibility index (Phi) is 8.56. The van der Waals surface area contributed by atoms with E-state index in [-0.39, 0.29) is 5.91 Å². The van der Waals surface area contributed by atoms with Crippen molar-refractivity contribution in [3.8, 4) is 5.75 Å². The predicted molar refractivity (Wildman–Crippen MR) is 144 cm³/mol. The highest BCUT2D eigenvalue weighted by Gasteiger charge is 2.41.